The fourth-order valence-electron chi connectivity index (χ4n) is 1.88. The fraction of sp³-hybridized carbons (Fsp3) is 0.727. The molecule has 0 radical (unpaired) electrons. The summed E-state index contributed by atoms with van der Waals surface area (Å²) in [6, 6.07) is 1.77. The minimum Gasteiger partial charge on any atom is -0.299 e. The van der Waals surface area contributed by atoms with Crippen molar-refractivity contribution < 1.29 is 0 Å². The number of aromatic amines is 1. The van der Waals surface area contributed by atoms with Crippen LogP contribution in [0.5, 0.6) is 0 Å². The standard InChI is InChI=1S/C11H18N2O/c1-8(2)7-13-11(14)6-10(12-13)9-4-3-5-9/h6,8-9,12H,3-5,7H2,1-2H3. The zero-order chi connectivity index (χ0) is 10.1. The lowest BCUT2D eigenvalue weighted by Gasteiger charge is -2.23. The Morgan fingerprint density at radius 3 is 2.79 bits per heavy atom. The van der Waals surface area contributed by atoms with E-state index in [2.05, 4.69) is 18.9 Å². The van der Waals surface area contributed by atoms with Gasteiger partial charge in [0.1, 0.15) is 0 Å². The third kappa shape index (κ3) is 1.76. The molecule has 1 aromatic heterocycles. The van der Waals surface area contributed by atoms with Gasteiger partial charge in [-0.05, 0) is 18.8 Å². The molecule has 0 aliphatic heterocycles. The summed E-state index contributed by atoms with van der Waals surface area (Å²) in [7, 11) is 0. The van der Waals surface area contributed by atoms with E-state index in [0.717, 1.165) is 12.2 Å². The molecule has 3 nitrogen and oxygen atoms in total. The third-order valence-corrected chi connectivity index (χ3v) is 2.90. The SMILES string of the molecule is CC(C)Cn1[nH]c(C2CCC2)cc1=O. The Balaban J connectivity index is 2.16. The molecular formula is C11H18N2O. The number of nitrogens with zero attached hydrogens (tertiary/aromatic N) is 1. The predicted molar refractivity (Wildman–Crippen MR) is 56.5 cm³/mol. The van der Waals surface area contributed by atoms with Crippen LogP contribution in [-0.4, -0.2) is 9.78 Å². The molecule has 0 saturated heterocycles. The van der Waals surface area contributed by atoms with Crippen molar-refractivity contribution in [1.29, 1.82) is 0 Å². The highest BCUT2D eigenvalue weighted by Gasteiger charge is 2.21. The Hall–Kier alpha value is -0.990. The highest BCUT2D eigenvalue weighted by atomic mass is 16.1. The van der Waals surface area contributed by atoms with Gasteiger partial charge in [0, 0.05) is 24.2 Å². The van der Waals surface area contributed by atoms with Gasteiger partial charge in [0.2, 0.25) is 0 Å². The summed E-state index contributed by atoms with van der Waals surface area (Å²) in [4.78, 5) is 11.6. The summed E-state index contributed by atoms with van der Waals surface area (Å²) in [6.07, 6.45) is 3.78. The Labute approximate surface area is 84.1 Å². The highest BCUT2D eigenvalue weighted by Crippen LogP contribution is 2.34. The van der Waals surface area contributed by atoms with Gasteiger partial charge in [0.25, 0.3) is 5.56 Å². The summed E-state index contributed by atoms with van der Waals surface area (Å²) in [5, 5.41) is 3.22. The van der Waals surface area contributed by atoms with E-state index >= 15 is 0 Å². The molecule has 14 heavy (non-hydrogen) atoms. The van der Waals surface area contributed by atoms with Crippen LogP contribution in [0.4, 0.5) is 0 Å². The molecule has 0 amide bonds. The van der Waals surface area contributed by atoms with Crippen LogP contribution in [-0.2, 0) is 6.54 Å². The Kier molecular flexibility index (Phi) is 2.48. The van der Waals surface area contributed by atoms with Crippen LogP contribution in [0.25, 0.3) is 0 Å². The fourth-order valence-corrected chi connectivity index (χ4v) is 1.88. The quantitative estimate of drug-likeness (QED) is 0.786. The van der Waals surface area contributed by atoms with Gasteiger partial charge >= 0.3 is 0 Å². The molecule has 1 saturated carbocycles. The molecule has 78 valence electrons. The largest absolute Gasteiger partial charge is 0.299 e. The van der Waals surface area contributed by atoms with E-state index in [0.29, 0.717) is 11.8 Å². The van der Waals surface area contributed by atoms with E-state index in [1.807, 2.05) is 0 Å². The van der Waals surface area contributed by atoms with Gasteiger partial charge in [-0.3, -0.25) is 14.6 Å². The van der Waals surface area contributed by atoms with Gasteiger partial charge in [-0.1, -0.05) is 20.3 Å². The number of hydrogen-bond donors (Lipinski definition) is 1. The maximum absolute atomic E-state index is 11.6. The number of rotatable bonds is 3. The van der Waals surface area contributed by atoms with Crippen LogP contribution in [0.1, 0.15) is 44.7 Å². The highest BCUT2D eigenvalue weighted by molar-refractivity contribution is 5.09. The summed E-state index contributed by atoms with van der Waals surface area (Å²) < 4.78 is 1.73. The molecule has 1 aliphatic carbocycles. The van der Waals surface area contributed by atoms with E-state index in [9.17, 15) is 4.79 Å². The molecule has 0 unspecified atom stereocenters. The Morgan fingerprint density at radius 2 is 2.29 bits per heavy atom. The molecule has 1 aliphatic rings. The first kappa shape index (κ1) is 9.56. The third-order valence-electron chi connectivity index (χ3n) is 2.90. The molecule has 3 heteroatoms. The molecule has 0 spiro atoms. The predicted octanol–water partition coefficient (Wildman–Crippen LogP) is 2.10. The molecule has 1 fully saturated rings. The smallest absolute Gasteiger partial charge is 0.266 e. The van der Waals surface area contributed by atoms with Gasteiger partial charge < -0.3 is 0 Å². The average Bonchev–Trinajstić information content (AvgIpc) is 2.27. The van der Waals surface area contributed by atoms with Crippen LogP contribution in [0.15, 0.2) is 10.9 Å². The molecule has 1 N–H and O–H groups in total. The van der Waals surface area contributed by atoms with Crippen molar-refractivity contribution in [3.8, 4) is 0 Å². The first-order valence-corrected chi connectivity index (χ1v) is 5.46. The summed E-state index contributed by atoms with van der Waals surface area (Å²) >= 11 is 0. The second-order valence-electron chi connectivity index (χ2n) is 4.68. The zero-order valence-electron chi connectivity index (χ0n) is 8.92. The normalized spacial score (nSPS) is 17.4. The number of H-pyrrole nitrogens is 1. The van der Waals surface area contributed by atoms with Crippen LogP contribution < -0.4 is 5.56 Å². The van der Waals surface area contributed by atoms with E-state index in [1.54, 1.807) is 10.7 Å². The van der Waals surface area contributed by atoms with Gasteiger partial charge in [0.15, 0.2) is 0 Å². The van der Waals surface area contributed by atoms with Gasteiger partial charge in [-0.15, -0.1) is 0 Å². The Bertz CT molecular complexity index is 358. The van der Waals surface area contributed by atoms with Crippen molar-refractivity contribution >= 4 is 0 Å². The topological polar surface area (TPSA) is 37.8 Å². The zero-order valence-corrected chi connectivity index (χ0v) is 8.92. The molecule has 0 bridgehead atoms. The van der Waals surface area contributed by atoms with Gasteiger partial charge in [-0.2, -0.15) is 0 Å². The van der Waals surface area contributed by atoms with Crippen LogP contribution in [0.2, 0.25) is 0 Å². The second-order valence-corrected chi connectivity index (χ2v) is 4.68. The molecule has 0 atom stereocenters. The minimum absolute atomic E-state index is 0.126. The van der Waals surface area contributed by atoms with Crippen molar-refractivity contribution in [2.24, 2.45) is 5.92 Å². The summed E-state index contributed by atoms with van der Waals surface area (Å²) in [5.74, 6) is 1.14. The molecule has 1 heterocycles. The first-order chi connectivity index (χ1) is 6.66. The minimum atomic E-state index is 0.126. The molecular weight excluding hydrogens is 176 g/mol. The van der Waals surface area contributed by atoms with Gasteiger partial charge in [-0.25, -0.2) is 0 Å². The number of nitrogens with one attached hydrogen (secondary N) is 1. The molecule has 0 aromatic carbocycles. The average molecular weight is 194 g/mol. The Morgan fingerprint density at radius 1 is 1.57 bits per heavy atom. The number of aromatic nitrogens is 2. The number of hydrogen-bond acceptors (Lipinski definition) is 1. The van der Waals surface area contributed by atoms with E-state index in [4.69, 9.17) is 0 Å². The maximum atomic E-state index is 11.6. The van der Waals surface area contributed by atoms with E-state index < -0.39 is 0 Å². The van der Waals surface area contributed by atoms with Crippen LogP contribution in [0.3, 0.4) is 0 Å². The first-order valence-electron chi connectivity index (χ1n) is 5.46. The van der Waals surface area contributed by atoms with E-state index in [1.165, 1.54) is 19.3 Å². The van der Waals surface area contributed by atoms with Crippen molar-refractivity contribution in [2.75, 3.05) is 0 Å². The maximum Gasteiger partial charge on any atom is 0.266 e. The monoisotopic (exact) mass is 194 g/mol. The van der Waals surface area contributed by atoms with Crippen molar-refractivity contribution in [3.05, 3.63) is 22.1 Å². The molecule has 1 aromatic rings. The van der Waals surface area contributed by atoms with Crippen molar-refractivity contribution in [1.82, 2.24) is 9.78 Å². The molecule has 2 rings (SSSR count). The lowest BCUT2D eigenvalue weighted by Crippen LogP contribution is -2.19. The second kappa shape index (κ2) is 3.64. The van der Waals surface area contributed by atoms with Crippen LogP contribution >= 0.6 is 0 Å². The summed E-state index contributed by atoms with van der Waals surface area (Å²) in [5.41, 5.74) is 1.27. The lowest BCUT2D eigenvalue weighted by atomic mass is 9.83. The van der Waals surface area contributed by atoms with Crippen molar-refractivity contribution in [3.63, 3.8) is 0 Å². The van der Waals surface area contributed by atoms with Gasteiger partial charge in [0.05, 0.1) is 0 Å². The van der Waals surface area contributed by atoms with Crippen molar-refractivity contribution in [2.45, 2.75) is 45.6 Å². The van der Waals surface area contributed by atoms with Crippen LogP contribution in [0, 0.1) is 5.92 Å². The lowest BCUT2D eigenvalue weighted by molar-refractivity contribution is 0.399. The van der Waals surface area contributed by atoms with E-state index in [-0.39, 0.29) is 5.56 Å². The summed E-state index contributed by atoms with van der Waals surface area (Å²) in [6.45, 7) is 5.04.